The van der Waals surface area contributed by atoms with Gasteiger partial charge in [-0.3, -0.25) is 9.59 Å². The fourth-order valence-electron chi connectivity index (χ4n) is 11.9. The van der Waals surface area contributed by atoms with Crippen LogP contribution in [0.2, 0.25) is 0 Å². The van der Waals surface area contributed by atoms with Gasteiger partial charge in [-0.25, -0.2) is 0 Å². The van der Waals surface area contributed by atoms with E-state index in [0.717, 1.165) is 38.5 Å². The van der Waals surface area contributed by atoms with Crippen LogP contribution in [0, 0.1) is 0 Å². The lowest BCUT2D eigenvalue weighted by molar-refractivity contribution is -0.143. The molecule has 0 rings (SSSR count). The van der Waals surface area contributed by atoms with E-state index in [0.29, 0.717) is 25.9 Å². The first-order chi connectivity index (χ1) is 38.5. The van der Waals surface area contributed by atoms with Crippen molar-refractivity contribution in [2.45, 2.75) is 437 Å². The molecule has 0 aromatic heterocycles. The van der Waals surface area contributed by atoms with Gasteiger partial charge in [-0.05, 0) is 25.7 Å². The predicted molar refractivity (Wildman–Crippen MR) is 343 cm³/mol. The van der Waals surface area contributed by atoms with E-state index in [2.05, 4.69) is 19.2 Å². The van der Waals surface area contributed by atoms with Gasteiger partial charge in [-0.15, -0.1) is 0 Å². The van der Waals surface area contributed by atoms with Crippen molar-refractivity contribution >= 4 is 11.9 Å². The lowest BCUT2D eigenvalue weighted by Crippen LogP contribution is -2.45. The summed E-state index contributed by atoms with van der Waals surface area (Å²) in [6.07, 6.45) is 83.0. The third-order valence-electron chi connectivity index (χ3n) is 17.4. The van der Waals surface area contributed by atoms with Gasteiger partial charge in [-0.1, -0.05) is 386 Å². The normalized spacial score (nSPS) is 12.4. The molecule has 466 valence electrons. The molecule has 0 aliphatic carbocycles. The molecule has 0 spiro atoms. The molecule has 0 heterocycles. The number of hydrogen-bond acceptors (Lipinski definition) is 5. The van der Waals surface area contributed by atoms with Gasteiger partial charge < -0.3 is 20.3 Å². The fraction of sp³-hybridized carbons (Fsp3) is 0.972. The van der Waals surface area contributed by atoms with Crippen LogP contribution in [0.5, 0.6) is 0 Å². The summed E-state index contributed by atoms with van der Waals surface area (Å²) in [5.41, 5.74) is 0. The van der Waals surface area contributed by atoms with Crippen molar-refractivity contribution in [2.24, 2.45) is 0 Å². The smallest absolute Gasteiger partial charge is 0.305 e. The first kappa shape index (κ1) is 76.9. The maximum atomic E-state index is 12.6. The van der Waals surface area contributed by atoms with Crippen molar-refractivity contribution < 1.29 is 24.5 Å². The topological polar surface area (TPSA) is 95.9 Å². The van der Waals surface area contributed by atoms with Crippen molar-refractivity contribution in [3.8, 4) is 0 Å². The Bertz CT molecular complexity index is 1130. The number of carbonyl (C=O) groups excluding carboxylic acids is 2. The van der Waals surface area contributed by atoms with Crippen LogP contribution in [0.15, 0.2) is 0 Å². The monoisotopic (exact) mass is 1100 g/mol. The Balaban J connectivity index is 3.36. The molecule has 0 aromatic carbocycles. The summed E-state index contributed by atoms with van der Waals surface area (Å²) in [5.74, 6) is -0.0111. The lowest BCUT2D eigenvalue weighted by atomic mass is 10.0. The van der Waals surface area contributed by atoms with Crippen LogP contribution in [-0.4, -0.2) is 47.4 Å². The van der Waals surface area contributed by atoms with Gasteiger partial charge in [0.1, 0.15) is 0 Å². The zero-order chi connectivity index (χ0) is 56.4. The molecule has 3 N–H and O–H groups in total. The maximum Gasteiger partial charge on any atom is 0.305 e. The third kappa shape index (κ3) is 64.0. The van der Waals surface area contributed by atoms with Gasteiger partial charge in [0.25, 0.3) is 0 Å². The molecule has 6 nitrogen and oxygen atoms in total. The average molecular weight is 1100 g/mol. The molecule has 6 heteroatoms. The summed E-state index contributed by atoms with van der Waals surface area (Å²) in [7, 11) is 0. The number of ether oxygens (including phenoxy) is 1. The highest BCUT2D eigenvalue weighted by Gasteiger charge is 2.20. The number of amides is 1. The van der Waals surface area contributed by atoms with E-state index < -0.39 is 12.1 Å². The van der Waals surface area contributed by atoms with Crippen LogP contribution in [0.1, 0.15) is 425 Å². The number of aliphatic hydroxyl groups is 2. The summed E-state index contributed by atoms with van der Waals surface area (Å²) in [6, 6.07) is -0.542. The van der Waals surface area contributed by atoms with E-state index in [1.807, 2.05) is 0 Å². The Morgan fingerprint density at radius 1 is 0.308 bits per heavy atom. The number of carbonyl (C=O) groups is 2. The maximum absolute atomic E-state index is 12.6. The Labute approximate surface area is 489 Å². The summed E-state index contributed by atoms with van der Waals surface area (Å²) in [4.78, 5) is 24.6. The van der Waals surface area contributed by atoms with E-state index in [4.69, 9.17) is 4.74 Å². The second-order valence-electron chi connectivity index (χ2n) is 25.3. The van der Waals surface area contributed by atoms with Crippen LogP contribution in [0.25, 0.3) is 0 Å². The molecular formula is C72H143NO5. The van der Waals surface area contributed by atoms with Crippen LogP contribution < -0.4 is 5.32 Å². The summed E-state index contributed by atoms with van der Waals surface area (Å²) in [6.45, 7) is 5.01. The van der Waals surface area contributed by atoms with Crippen LogP contribution in [-0.2, 0) is 14.3 Å². The van der Waals surface area contributed by atoms with Crippen molar-refractivity contribution in [3.63, 3.8) is 0 Å². The quantitative estimate of drug-likeness (QED) is 0.0417. The molecule has 0 saturated carbocycles. The number of hydrogen-bond donors (Lipinski definition) is 3. The van der Waals surface area contributed by atoms with Gasteiger partial charge in [0.15, 0.2) is 0 Å². The first-order valence-electron chi connectivity index (χ1n) is 36.3. The molecule has 2 unspecified atom stereocenters. The molecule has 0 fully saturated rings. The van der Waals surface area contributed by atoms with Crippen molar-refractivity contribution in [1.29, 1.82) is 0 Å². The molecule has 2 atom stereocenters. The molecule has 0 bridgehead atoms. The lowest BCUT2D eigenvalue weighted by Gasteiger charge is -2.22. The third-order valence-corrected chi connectivity index (χ3v) is 17.4. The SMILES string of the molecule is CCCCCCCCCCCCCCCCCCCCCCCCCCC(O)C(CO)NC(=O)CCCCCCCCCCCCCCCCCCCCCCCCOC(=O)CCCCCCCCCCCCCCCCC. The van der Waals surface area contributed by atoms with Gasteiger partial charge in [0, 0.05) is 12.8 Å². The van der Waals surface area contributed by atoms with Crippen molar-refractivity contribution in [2.75, 3.05) is 13.2 Å². The van der Waals surface area contributed by atoms with E-state index in [-0.39, 0.29) is 18.5 Å². The molecule has 0 saturated heterocycles. The van der Waals surface area contributed by atoms with E-state index in [9.17, 15) is 19.8 Å². The summed E-state index contributed by atoms with van der Waals surface area (Å²) in [5, 5.41) is 23.5. The molecular weight excluding hydrogens is 959 g/mol. The Hall–Kier alpha value is -1.14. The Morgan fingerprint density at radius 2 is 0.526 bits per heavy atom. The summed E-state index contributed by atoms with van der Waals surface area (Å²) >= 11 is 0. The van der Waals surface area contributed by atoms with E-state index >= 15 is 0 Å². The van der Waals surface area contributed by atoms with Gasteiger partial charge in [0.05, 0.1) is 25.4 Å². The van der Waals surface area contributed by atoms with Gasteiger partial charge in [-0.2, -0.15) is 0 Å². The van der Waals surface area contributed by atoms with Crippen molar-refractivity contribution in [1.82, 2.24) is 5.32 Å². The van der Waals surface area contributed by atoms with Gasteiger partial charge in [0.2, 0.25) is 5.91 Å². The Kier molecular flexibility index (Phi) is 67.4. The standard InChI is InChI=1S/C72H143NO5/c1-3-5-7-9-11-13-15-17-19-20-21-22-23-24-27-30-33-37-40-44-48-52-56-60-64-70(75)69(68-74)73-71(76)65-61-57-53-49-45-41-38-34-31-28-25-26-29-32-35-39-43-47-51-55-59-63-67-78-72(77)66-62-58-54-50-46-42-36-18-16-14-12-10-8-6-4-2/h69-70,74-75H,3-68H2,1-2H3,(H,73,76). The highest BCUT2D eigenvalue weighted by molar-refractivity contribution is 5.76. The zero-order valence-electron chi connectivity index (χ0n) is 53.4. The molecule has 0 aliphatic heterocycles. The first-order valence-corrected chi connectivity index (χ1v) is 36.3. The Morgan fingerprint density at radius 3 is 0.782 bits per heavy atom. The van der Waals surface area contributed by atoms with E-state index in [1.165, 1.54) is 353 Å². The summed E-state index contributed by atoms with van der Waals surface area (Å²) < 4.78 is 5.50. The largest absolute Gasteiger partial charge is 0.466 e. The van der Waals surface area contributed by atoms with Crippen molar-refractivity contribution in [3.05, 3.63) is 0 Å². The number of unbranched alkanes of at least 4 members (excludes halogenated alkanes) is 58. The molecule has 0 radical (unpaired) electrons. The average Bonchev–Trinajstić information content (AvgIpc) is 3.44. The highest BCUT2D eigenvalue weighted by atomic mass is 16.5. The minimum Gasteiger partial charge on any atom is -0.466 e. The highest BCUT2D eigenvalue weighted by Crippen LogP contribution is 2.20. The van der Waals surface area contributed by atoms with Crippen LogP contribution in [0.3, 0.4) is 0 Å². The minimum atomic E-state index is -0.665. The van der Waals surface area contributed by atoms with E-state index in [1.54, 1.807) is 0 Å². The number of rotatable bonds is 69. The van der Waals surface area contributed by atoms with Gasteiger partial charge >= 0.3 is 5.97 Å². The number of esters is 1. The predicted octanol–water partition coefficient (Wildman–Crippen LogP) is 23.4. The second-order valence-corrected chi connectivity index (χ2v) is 25.3. The molecule has 1 amide bonds. The molecule has 0 aliphatic rings. The van der Waals surface area contributed by atoms with Crippen LogP contribution in [0.4, 0.5) is 0 Å². The number of nitrogens with one attached hydrogen (secondary N) is 1. The number of aliphatic hydroxyl groups excluding tert-OH is 2. The fourth-order valence-corrected chi connectivity index (χ4v) is 11.9. The zero-order valence-corrected chi connectivity index (χ0v) is 53.4. The second kappa shape index (κ2) is 68.4. The van der Waals surface area contributed by atoms with Crippen LogP contribution >= 0.6 is 0 Å². The minimum absolute atomic E-state index is 0.0179. The molecule has 0 aromatic rings. The molecule has 78 heavy (non-hydrogen) atoms.